The number of hydrogen-bond donors (Lipinski definition) is 1. The number of thiophene rings is 1. The predicted molar refractivity (Wildman–Crippen MR) is 81.8 cm³/mol. The smallest absolute Gasteiger partial charge is 0.165 e. The van der Waals surface area contributed by atoms with E-state index >= 15 is 0 Å². The van der Waals surface area contributed by atoms with E-state index in [9.17, 15) is 0 Å². The van der Waals surface area contributed by atoms with Crippen molar-refractivity contribution in [2.45, 2.75) is 25.9 Å². The molecule has 1 aliphatic heterocycles. The van der Waals surface area contributed by atoms with Crippen LogP contribution in [0.25, 0.3) is 0 Å². The van der Waals surface area contributed by atoms with E-state index in [1.807, 2.05) is 12.1 Å². The van der Waals surface area contributed by atoms with Crippen LogP contribution in [0.2, 0.25) is 0 Å². The SMILES string of the molecule is CC(Cc1ccsc1)NCc1cccc2c1OCCO2. The molecule has 3 nitrogen and oxygen atoms in total. The fourth-order valence-electron chi connectivity index (χ4n) is 2.39. The molecule has 2 heterocycles. The molecule has 1 aromatic carbocycles. The molecule has 2 aromatic rings. The molecule has 106 valence electrons. The second-order valence-electron chi connectivity index (χ2n) is 5.06. The zero-order valence-electron chi connectivity index (χ0n) is 11.6. The van der Waals surface area contributed by atoms with Gasteiger partial charge in [0.1, 0.15) is 13.2 Å². The van der Waals surface area contributed by atoms with Crippen molar-refractivity contribution in [3.05, 3.63) is 46.2 Å². The monoisotopic (exact) mass is 289 g/mol. The molecular formula is C16H19NO2S. The number of benzene rings is 1. The Morgan fingerprint density at radius 3 is 3.00 bits per heavy atom. The van der Waals surface area contributed by atoms with Crippen molar-refractivity contribution >= 4 is 11.3 Å². The lowest BCUT2D eigenvalue weighted by molar-refractivity contribution is 0.169. The van der Waals surface area contributed by atoms with Gasteiger partial charge in [-0.3, -0.25) is 0 Å². The van der Waals surface area contributed by atoms with Crippen molar-refractivity contribution in [3.63, 3.8) is 0 Å². The summed E-state index contributed by atoms with van der Waals surface area (Å²) < 4.78 is 11.3. The van der Waals surface area contributed by atoms with Crippen LogP contribution >= 0.6 is 11.3 Å². The fourth-order valence-corrected chi connectivity index (χ4v) is 3.07. The number of rotatable bonds is 5. The van der Waals surface area contributed by atoms with E-state index in [0.29, 0.717) is 19.3 Å². The lowest BCUT2D eigenvalue weighted by Gasteiger charge is -2.22. The normalized spacial score (nSPS) is 15.1. The first-order valence-electron chi connectivity index (χ1n) is 6.95. The molecule has 1 unspecified atom stereocenters. The summed E-state index contributed by atoms with van der Waals surface area (Å²) in [5, 5.41) is 7.89. The third-order valence-electron chi connectivity index (χ3n) is 3.41. The fraction of sp³-hybridized carbons (Fsp3) is 0.375. The number of hydrogen-bond acceptors (Lipinski definition) is 4. The molecule has 0 bridgehead atoms. The Morgan fingerprint density at radius 1 is 1.25 bits per heavy atom. The second-order valence-corrected chi connectivity index (χ2v) is 5.84. The third-order valence-corrected chi connectivity index (χ3v) is 4.14. The molecule has 4 heteroatoms. The van der Waals surface area contributed by atoms with Gasteiger partial charge in [-0.1, -0.05) is 12.1 Å². The van der Waals surface area contributed by atoms with E-state index in [0.717, 1.165) is 24.5 Å². The quantitative estimate of drug-likeness (QED) is 0.916. The summed E-state index contributed by atoms with van der Waals surface area (Å²) >= 11 is 1.75. The van der Waals surface area contributed by atoms with Crippen molar-refractivity contribution < 1.29 is 9.47 Å². The molecule has 20 heavy (non-hydrogen) atoms. The Kier molecular flexibility index (Phi) is 4.23. The van der Waals surface area contributed by atoms with Crippen molar-refractivity contribution in [2.75, 3.05) is 13.2 Å². The molecular weight excluding hydrogens is 270 g/mol. The summed E-state index contributed by atoms with van der Waals surface area (Å²) in [5.41, 5.74) is 2.56. The number of ether oxygens (including phenoxy) is 2. The van der Waals surface area contributed by atoms with Crippen molar-refractivity contribution in [2.24, 2.45) is 0 Å². The summed E-state index contributed by atoms with van der Waals surface area (Å²) in [6, 6.07) is 8.70. The van der Waals surface area contributed by atoms with E-state index in [2.05, 4.69) is 35.1 Å². The van der Waals surface area contributed by atoms with Crippen molar-refractivity contribution in [3.8, 4) is 11.5 Å². The van der Waals surface area contributed by atoms with Crippen molar-refractivity contribution in [1.29, 1.82) is 0 Å². The summed E-state index contributed by atoms with van der Waals surface area (Å²) in [4.78, 5) is 0. The van der Waals surface area contributed by atoms with Gasteiger partial charge in [-0.15, -0.1) is 0 Å². The topological polar surface area (TPSA) is 30.5 Å². The maximum Gasteiger partial charge on any atom is 0.165 e. The molecule has 1 N–H and O–H groups in total. The van der Waals surface area contributed by atoms with Gasteiger partial charge in [0.2, 0.25) is 0 Å². The van der Waals surface area contributed by atoms with E-state index in [4.69, 9.17) is 9.47 Å². The van der Waals surface area contributed by atoms with Crippen LogP contribution < -0.4 is 14.8 Å². The van der Waals surface area contributed by atoms with Gasteiger partial charge in [0, 0.05) is 18.2 Å². The maximum atomic E-state index is 5.73. The van der Waals surface area contributed by atoms with E-state index in [1.54, 1.807) is 11.3 Å². The first-order chi connectivity index (χ1) is 9.83. The van der Waals surface area contributed by atoms with Crippen LogP contribution in [-0.4, -0.2) is 19.3 Å². The highest BCUT2D eigenvalue weighted by atomic mass is 32.1. The number of nitrogens with one attached hydrogen (secondary N) is 1. The first kappa shape index (κ1) is 13.5. The molecule has 0 spiro atoms. The van der Waals surface area contributed by atoms with Crippen LogP contribution in [0.4, 0.5) is 0 Å². The highest BCUT2D eigenvalue weighted by molar-refractivity contribution is 7.07. The largest absolute Gasteiger partial charge is 0.486 e. The van der Waals surface area contributed by atoms with E-state index < -0.39 is 0 Å². The lowest BCUT2D eigenvalue weighted by atomic mass is 10.1. The van der Waals surface area contributed by atoms with E-state index in [1.165, 1.54) is 11.1 Å². The van der Waals surface area contributed by atoms with Crippen molar-refractivity contribution in [1.82, 2.24) is 5.32 Å². The Balaban J connectivity index is 1.61. The summed E-state index contributed by atoms with van der Waals surface area (Å²) in [6.07, 6.45) is 1.05. The van der Waals surface area contributed by atoms with Gasteiger partial charge in [-0.05, 0) is 41.8 Å². The zero-order valence-corrected chi connectivity index (χ0v) is 12.4. The molecule has 3 rings (SSSR count). The maximum absolute atomic E-state index is 5.73. The molecule has 1 atom stereocenters. The first-order valence-corrected chi connectivity index (χ1v) is 7.89. The average Bonchev–Trinajstić information content (AvgIpc) is 2.98. The minimum atomic E-state index is 0.435. The molecule has 0 radical (unpaired) electrons. The Hall–Kier alpha value is -1.52. The Morgan fingerprint density at radius 2 is 2.15 bits per heavy atom. The molecule has 0 saturated heterocycles. The molecule has 1 aliphatic rings. The summed E-state index contributed by atoms with van der Waals surface area (Å²) in [6.45, 7) is 4.29. The number of fused-ring (bicyclic) bond motifs is 1. The lowest BCUT2D eigenvalue weighted by Crippen LogP contribution is -2.28. The summed E-state index contributed by atoms with van der Waals surface area (Å²) in [7, 11) is 0. The zero-order chi connectivity index (χ0) is 13.8. The van der Waals surface area contributed by atoms with Gasteiger partial charge >= 0.3 is 0 Å². The second kappa shape index (κ2) is 6.29. The van der Waals surface area contributed by atoms with Crippen LogP contribution in [0.5, 0.6) is 11.5 Å². The Labute approximate surface area is 123 Å². The Bertz CT molecular complexity index is 554. The summed E-state index contributed by atoms with van der Waals surface area (Å²) in [5.74, 6) is 1.76. The highest BCUT2D eigenvalue weighted by Crippen LogP contribution is 2.33. The molecule has 0 aliphatic carbocycles. The molecule has 0 amide bonds. The van der Waals surface area contributed by atoms with Gasteiger partial charge in [0.15, 0.2) is 11.5 Å². The van der Waals surface area contributed by atoms with Crippen LogP contribution in [0.3, 0.4) is 0 Å². The van der Waals surface area contributed by atoms with Gasteiger partial charge < -0.3 is 14.8 Å². The molecule has 1 aromatic heterocycles. The van der Waals surface area contributed by atoms with Gasteiger partial charge in [-0.25, -0.2) is 0 Å². The van der Waals surface area contributed by atoms with E-state index in [-0.39, 0.29) is 0 Å². The van der Waals surface area contributed by atoms with Gasteiger partial charge in [-0.2, -0.15) is 11.3 Å². The van der Waals surface area contributed by atoms with Gasteiger partial charge in [0.05, 0.1) is 0 Å². The number of para-hydroxylation sites is 1. The molecule has 0 saturated carbocycles. The average molecular weight is 289 g/mol. The van der Waals surface area contributed by atoms with Crippen LogP contribution in [0.15, 0.2) is 35.0 Å². The van der Waals surface area contributed by atoms with Crippen LogP contribution in [0.1, 0.15) is 18.1 Å². The van der Waals surface area contributed by atoms with Crippen LogP contribution in [-0.2, 0) is 13.0 Å². The highest BCUT2D eigenvalue weighted by Gasteiger charge is 2.15. The minimum Gasteiger partial charge on any atom is -0.486 e. The van der Waals surface area contributed by atoms with Gasteiger partial charge in [0.25, 0.3) is 0 Å². The predicted octanol–water partition coefficient (Wildman–Crippen LogP) is 3.24. The van der Waals surface area contributed by atoms with Crippen LogP contribution in [0, 0.1) is 0 Å². The minimum absolute atomic E-state index is 0.435. The third kappa shape index (κ3) is 3.14. The standard InChI is InChI=1S/C16H19NO2S/c1-12(9-13-5-8-20-11-13)17-10-14-3-2-4-15-16(14)19-7-6-18-15/h2-5,8,11-12,17H,6-7,9-10H2,1H3. The molecule has 0 fully saturated rings.